The lowest BCUT2D eigenvalue weighted by Crippen LogP contribution is -2.48. The van der Waals surface area contributed by atoms with Gasteiger partial charge < -0.3 is 10.1 Å². The maximum Gasteiger partial charge on any atom is 0.234 e. The number of amides is 1. The molecule has 1 aromatic rings. The fourth-order valence-electron chi connectivity index (χ4n) is 5.31. The zero-order valence-electron chi connectivity index (χ0n) is 14.1. The molecule has 2 aliphatic carbocycles. The van der Waals surface area contributed by atoms with Gasteiger partial charge in [-0.05, 0) is 36.3 Å². The smallest absolute Gasteiger partial charge is 0.234 e. The Labute approximate surface area is 137 Å². The third-order valence-electron chi connectivity index (χ3n) is 7.40. The van der Waals surface area contributed by atoms with Gasteiger partial charge in [-0.3, -0.25) is 4.79 Å². The first-order valence-corrected chi connectivity index (χ1v) is 8.49. The van der Waals surface area contributed by atoms with Gasteiger partial charge in [0, 0.05) is 24.1 Å². The van der Waals surface area contributed by atoms with E-state index in [1.54, 1.807) is 0 Å². The number of nitrogens with zero attached hydrogens (tertiary/aromatic N) is 2. The molecule has 4 rings (SSSR count). The van der Waals surface area contributed by atoms with Crippen molar-refractivity contribution >= 4 is 17.3 Å². The summed E-state index contributed by atoms with van der Waals surface area (Å²) in [7, 11) is 0. The van der Waals surface area contributed by atoms with Crippen molar-refractivity contribution in [1.29, 1.82) is 0 Å². The number of hydrogen-bond donors (Lipinski definition) is 1. The minimum absolute atomic E-state index is 0.184. The van der Waals surface area contributed by atoms with Crippen LogP contribution in [0, 0.1) is 16.2 Å². The van der Waals surface area contributed by atoms with Crippen LogP contribution in [0.15, 0.2) is 29.4 Å². The summed E-state index contributed by atoms with van der Waals surface area (Å²) in [5.74, 6) is 0.217. The Bertz CT molecular complexity index is 724. The Balaban J connectivity index is 1.78. The van der Waals surface area contributed by atoms with Crippen LogP contribution in [-0.2, 0) is 11.2 Å². The Morgan fingerprint density at radius 1 is 1.22 bits per heavy atom. The largest absolute Gasteiger partial charge is 0.411 e. The molecule has 2 unspecified atom stereocenters. The lowest BCUT2D eigenvalue weighted by atomic mass is 9.64. The summed E-state index contributed by atoms with van der Waals surface area (Å²) in [4.78, 5) is 15.6. The van der Waals surface area contributed by atoms with Crippen molar-refractivity contribution in [2.75, 3.05) is 11.4 Å². The van der Waals surface area contributed by atoms with Crippen LogP contribution in [0.2, 0.25) is 0 Å². The SMILES string of the molecule is CC12CCC(C(=O)N3CCc4ccccc43)(CC1=NO)C2(C)C. The van der Waals surface area contributed by atoms with E-state index < -0.39 is 5.41 Å². The third kappa shape index (κ3) is 1.52. The number of oxime groups is 1. The number of rotatable bonds is 1. The Kier molecular flexibility index (Phi) is 2.80. The van der Waals surface area contributed by atoms with Gasteiger partial charge in [-0.15, -0.1) is 0 Å². The van der Waals surface area contributed by atoms with E-state index in [0.29, 0.717) is 6.42 Å². The molecule has 3 aliphatic rings. The Morgan fingerprint density at radius 2 is 1.96 bits per heavy atom. The topological polar surface area (TPSA) is 52.9 Å². The number of anilines is 1. The van der Waals surface area contributed by atoms with E-state index in [4.69, 9.17) is 0 Å². The molecule has 2 fully saturated rings. The average Bonchev–Trinajstić information content (AvgIpc) is 3.11. The molecule has 0 radical (unpaired) electrons. The van der Waals surface area contributed by atoms with E-state index in [-0.39, 0.29) is 16.7 Å². The van der Waals surface area contributed by atoms with Crippen molar-refractivity contribution in [2.24, 2.45) is 21.4 Å². The molecular weight excluding hydrogens is 288 g/mol. The van der Waals surface area contributed by atoms with Crippen molar-refractivity contribution in [3.05, 3.63) is 29.8 Å². The second kappa shape index (κ2) is 4.37. The molecule has 23 heavy (non-hydrogen) atoms. The molecule has 2 atom stereocenters. The van der Waals surface area contributed by atoms with Gasteiger partial charge in [-0.2, -0.15) is 0 Å². The van der Waals surface area contributed by atoms with Gasteiger partial charge in [0.05, 0.1) is 11.1 Å². The van der Waals surface area contributed by atoms with Gasteiger partial charge in [-0.1, -0.05) is 44.1 Å². The summed E-state index contributed by atoms with van der Waals surface area (Å²) >= 11 is 0. The van der Waals surface area contributed by atoms with E-state index in [2.05, 4.69) is 32.0 Å². The van der Waals surface area contributed by atoms with Gasteiger partial charge in [0.15, 0.2) is 0 Å². The summed E-state index contributed by atoms with van der Waals surface area (Å²) in [5.41, 5.74) is 2.29. The van der Waals surface area contributed by atoms with Gasteiger partial charge in [-0.25, -0.2) is 0 Å². The van der Waals surface area contributed by atoms with Crippen LogP contribution in [0.1, 0.15) is 45.6 Å². The summed E-state index contributed by atoms with van der Waals surface area (Å²) < 4.78 is 0. The third-order valence-corrected chi connectivity index (χ3v) is 7.40. The van der Waals surface area contributed by atoms with Gasteiger partial charge in [0.1, 0.15) is 0 Å². The standard InChI is InChI=1S/C19H24N2O2/c1-17(2)18(3)9-10-19(17,12-15(18)20-23)16(22)21-11-8-13-6-4-5-7-14(13)21/h4-7,23H,8-12H2,1-3H3. The van der Waals surface area contributed by atoms with E-state index in [1.807, 2.05) is 23.1 Å². The fourth-order valence-corrected chi connectivity index (χ4v) is 5.31. The highest BCUT2D eigenvalue weighted by Gasteiger charge is 2.72. The average molecular weight is 312 g/mol. The molecule has 1 aromatic carbocycles. The molecule has 1 amide bonds. The first kappa shape index (κ1) is 14.7. The Morgan fingerprint density at radius 3 is 2.65 bits per heavy atom. The minimum Gasteiger partial charge on any atom is -0.411 e. The highest BCUT2D eigenvalue weighted by Crippen LogP contribution is 2.71. The molecule has 1 aliphatic heterocycles. The van der Waals surface area contributed by atoms with Crippen molar-refractivity contribution in [2.45, 2.75) is 46.5 Å². The summed E-state index contributed by atoms with van der Waals surface area (Å²) in [6.07, 6.45) is 3.31. The van der Waals surface area contributed by atoms with Crippen LogP contribution < -0.4 is 4.90 Å². The molecule has 1 heterocycles. The summed E-state index contributed by atoms with van der Waals surface area (Å²) in [6, 6.07) is 8.20. The maximum absolute atomic E-state index is 13.6. The van der Waals surface area contributed by atoms with Crippen molar-refractivity contribution < 1.29 is 10.0 Å². The quantitative estimate of drug-likeness (QED) is 0.636. The van der Waals surface area contributed by atoms with E-state index in [1.165, 1.54) is 5.56 Å². The van der Waals surface area contributed by atoms with Gasteiger partial charge in [0.25, 0.3) is 0 Å². The zero-order valence-corrected chi connectivity index (χ0v) is 14.1. The van der Waals surface area contributed by atoms with E-state index in [0.717, 1.165) is 37.2 Å². The second-order valence-electron chi connectivity index (χ2n) is 8.10. The number of para-hydroxylation sites is 1. The number of benzene rings is 1. The molecular formula is C19H24N2O2. The second-order valence-corrected chi connectivity index (χ2v) is 8.10. The minimum atomic E-state index is -0.444. The van der Waals surface area contributed by atoms with Gasteiger partial charge in [0.2, 0.25) is 5.91 Å². The van der Waals surface area contributed by atoms with Crippen LogP contribution >= 0.6 is 0 Å². The number of hydrogen-bond acceptors (Lipinski definition) is 3. The van der Waals surface area contributed by atoms with Crippen LogP contribution in [0.5, 0.6) is 0 Å². The number of carbonyl (C=O) groups excluding carboxylic acids is 1. The highest BCUT2D eigenvalue weighted by atomic mass is 16.4. The van der Waals surface area contributed by atoms with E-state index >= 15 is 0 Å². The van der Waals surface area contributed by atoms with Gasteiger partial charge >= 0.3 is 0 Å². The number of carbonyl (C=O) groups is 1. The maximum atomic E-state index is 13.6. The molecule has 1 N–H and O–H groups in total. The zero-order chi connectivity index (χ0) is 16.5. The predicted octanol–water partition coefficient (Wildman–Crippen LogP) is 3.62. The first-order valence-electron chi connectivity index (χ1n) is 8.49. The molecule has 2 bridgehead atoms. The van der Waals surface area contributed by atoms with Crippen LogP contribution in [0.4, 0.5) is 5.69 Å². The predicted molar refractivity (Wildman–Crippen MR) is 89.9 cm³/mol. The highest BCUT2D eigenvalue weighted by molar-refractivity contribution is 6.08. The molecule has 122 valence electrons. The lowest BCUT2D eigenvalue weighted by molar-refractivity contribution is -0.132. The molecule has 4 nitrogen and oxygen atoms in total. The van der Waals surface area contributed by atoms with Crippen molar-refractivity contribution in [3.8, 4) is 0 Å². The van der Waals surface area contributed by atoms with Crippen molar-refractivity contribution in [3.63, 3.8) is 0 Å². The first-order chi connectivity index (χ1) is 10.9. The monoisotopic (exact) mass is 312 g/mol. The fraction of sp³-hybridized carbons (Fsp3) is 0.579. The summed E-state index contributed by atoms with van der Waals surface area (Å²) in [6.45, 7) is 7.27. The molecule has 0 aromatic heterocycles. The molecule has 4 heteroatoms. The normalized spacial score (nSPS) is 35.8. The van der Waals surface area contributed by atoms with Crippen LogP contribution in [0.3, 0.4) is 0 Å². The van der Waals surface area contributed by atoms with E-state index in [9.17, 15) is 10.0 Å². The number of fused-ring (bicyclic) bond motifs is 3. The van der Waals surface area contributed by atoms with Crippen LogP contribution in [0.25, 0.3) is 0 Å². The molecule has 0 spiro atoms. The lowest BCUT2D eigenvalue weighted by Gasteiger charge is -2.41. The molecule has 2 saturated carbocycles. The summed E-state index contributed by atoms with van der Waals surface area (Å²) in [5, 5.41) is 13.0. The Hall–Kier alpha value is -1.84. The van der Waals surface area contributed by atoms with Crippen LogP contribution in [-0.4, -0.2) is 23.4 Å². The molecule has 0 saturated heterocycles. The van der Waals surface area contributed by atoms with Crippen molar-refractivity contribution in [1.82, 2.24) is 0 Å².